The van der Waals surface area contributed by atoms with Crippen LogP contribution in [0, 0.1) is 0 Å². The highest BCUT2D eigenvalue weighted by molar-refractivity contribution is 6.09. The summed E-state index contributed by atoms with van der Waals surface area (Å²) in [5.74, 6) is 1.12. The molecule has 2 aromatic carbocycles. The summed E-state index contributed by atoms with van der Waals surface area (Å²) >= 11 is 0. The Morgan fingerprint density at radius 1 is 1.07 bits per heavy atom. The number of carbonyl (C=O) groups is 1. The van der Waals surface area contributed by atoms with Crippen molar-refractivity contribution in [2.24, 2.45) is 4.99 Å². The van der Waals surface area contributed by atoms with Crippen molar-refractivity contribution in [3.05, 3.63) is 84.3 Å². The number of amidine groups is 1. The van der Waals surface area contributed by atoms with Crippen LogP contribution in [0.2, 0.25) is 0 Å². The first-order chi connectivity index (χ1) is 14.2. The van der Waals surface area contributed by atoms with Gasteiger partial charge in [-0.15, -0.1) is 0 Å². The molecule has 5 rings (SSSR count). The Balaban J connectivity index is 1.49. The topological polar surface area (TPSA) is 68.0 Å². The van der Waals surface area contributed by atoms with Gasteiger partial charge in [0.1, 0.15) is 22.9 Å². The summed E-state index contributed by atoms with van der Waals surface area (Å²) in [7, 11) is 1.65. The molecule has 0 unspecified atom stereocenters. The van der Waals surface area contributed by atoms with Gasteiger partial charge in [-0.25, -0.2) is 9.98 Å². The van der Waals surface area contributed by atoms with Gasteiger partial charge in [0.2, 0.25) is 0 Å². The van der Waals surface area contributed by atoms with Crippen LogP contribution in [-0.4, -0.2) is 28.2 Å². The quantitative estimate of drug-likeness (QED) is 0.582. The highest BCUT2D eigenvalue weighted by atomic mass is 16.5. The number of hydrogen-bond donors (Lipinski definition) is 1. The SMILES string of the molecule is COc1ccc(-c2ccccc2)c2c1CC(NC(=O)c1cnc3ccccn13)=N2. The van der Waals surface area contributed by atoms with Gasteiger partial charge >= 0.3 is 0 Å². The molecule has 0 saturated heterocycles. The van der Waals surface area contributed by atoms with E-state index < -0.39 is 0 Å². The van der Waals surface area contributed by atoms with Gasteiger partial charge in [0, 0.05) is 23.7 Å². The average molecular weight is 382 g/mol. The second-order valence-electron chi connectivity index (χ2n) is 6.77. The van der Waals surface area contributed by atoms with Crippen LogP contribution >= 0.6 is 0 Å². The van der Waals surface area contributed by atoms with E-state index in [-0.39, 0.29) is 5.91 Å². The smallest absolute Gasteiger partial charge is 0.275 e. The number of benzene rings is 2. The maximum absolute atomic E-state index is 12.9. The van der Waals surface area contributed by atoms with E-state index in [1.807, 2.05) is 66.9 Å². The lowest BCUT2D eigenvalue weighted by Crippen LogP contribution is -2.31. The zero-order valence-corrected chi connectivity index (χ0v) is 15.8. The summed E-state index contributed by atoms with van der Waals surface area (Å²) in [6.45, 7) is 0. The molecule has 0 fully saturated rings. The summed E-state index contributed by atoms with van der Waals surface area (Å²) in [5, 5.41) is 2.95. The van der Waals surface area contributed by atoms with E-state index in [0.717, 1.165) is 33.8 Å². The Kier molecular flexibility index (Phi) is 4.09. The zero-order chi connectivity index (χ0) is 19.8. The van der Waals surface area contributed by atoms with E-state index >= 15 is 0 Å². The first kappa shape index (κ1) is 17.2. The Hall–Kier alpha value is -3.93. The van der Waals surface area contributed by atoms with Gasteiger partial charge < -0.3 is 10.1 Å². The van der Waals surface area contributed by atoms with Gasteiger partial charge in [0.05, 0.1) is 19.0 Å². The fourth-order valence-corrected chi connectivity index (χ4v) is 3.67. The predicted molar refractivity (Wildman–Crippen MR) is 112 cm³/mol. The number of imidazole rings is 1. The summed E-state index contributed by atoms with van der Waals surface area (Å²) in [6, 6.07) is 19.6. The van der Waals surface area contributed by atoms with E-state index in [4.69, 9.17) is 9.73 Å². The lowest BCUT2D eigenvalue weighted by atomic mass is 9.99. The number of aromatic nitrogens is 2. The molecule has 29 heavy (non-hydrogen) atoms. The Bertz CT molecular complexity index is 1260. The lowest BCUT2D eigenvalue weighted by Gasteiger charge is -2.10. The maximum atomic E-state index is 12.9. The van der Waals surface area contributed by atoms with E-state index in [2.05, 4.69) is 10.3 Å². The zero-order valence-electron chi connectivity index (χ0n) is 15.8. The number of hydrogen-bond acceptors (Lipinski definition) is 4. The van der Waals surface area contributed by atoms with Crippen LogP contribution in [-0.2, 0) is 6.42 Å². The normalized spacial score (nSPS) is 12.5. The number of methoxy groups -OCH3 is 1. The number of rotatable bonds is 3. The second kappa shape index (κ2) is 6.91. The van der Waals surface area contributed by atoms with Crippen LogP contribution in [0.5, 0.6) is 5.75 Å². The van der Waals surface area contributed by atoms with Crippen LogP contribution in [0.1, 0.15) is 16.1 Å². The Morgan fingerprint density at radius 3 is 2.72 bits per heavy atom. The number of carbonyl (C=O) groups excluding carboxylic acids is 1. The third-order valence-corrected chi connectivity index (χ3v) is 5.04. The van der Waals surface area contributed by atoms with E-state index in [9.17, 15) is 4.79 Å². The minimum absolute atomic E-state index is 0.240. The first-order valence-electron chi connectivity index (χ1n) is 9.31. The molecule has 4 aromatic rings. The van der Waals surface area contributed by atoms with Gasteiger partial charge in [-0.2, -0.15) is 0 Å². The second-order valence-corrected chi connectivity index (χ2v) is 6.77. The molecule has 2 aromatic heterocycles. The van der Waals surface area contributed by atoms with Gasteiger partial charge in [-0.3, -0.25) is 9.20 Å². The van der Waals surface area contributed by atoms with Crippen molar-refractivity contribution < 1.29 is 9.53 Å². The highest BCUT2D eigenvalue weighted by Gasteiger charge is 2.24. The van der Waals surface area contributed by atoms with Crippen molar-refractivity contribution in [1.29, 1.82) is 0 Å². The van der Waals surface area contributed by atoms with E-state index in [1.54, 1.807) is 17.7 Å². The molecule has 1 aliphatic rings. The van der Waals surface area contributed by atoms with Crippen molar-refractivity contribution in [2.75, 3.05) is 7.11 Å². The number of pyridine rings is 1. The number of aliphatic imine (C=N–C) groups is 1. The molecule has 142 valence electrons. The lowest BCUT2D eigenvalue weighted by molar-refractivity contribution is 0.0971. The minimum Gasteiger partial charge on any atom is -0.496 e. The van der Waals surface area contributed by atoms with Crippen LogP contribution in [0.4, 0.5) is 5.69 Å². The highest BCUT2D eigenvalue weighted by Crippen LogP contribution is 2.42. The molecular formula is C23H18N4O2. The van der Waals surface area contributed by atoms with Crippen LogP contribution in [0.3, 0.4) is 0 Å². The minimum atomic E-state index is -0.240. The van der Waals surface area contributed by atoms with E-state index in [1.165, 1.54) is 0 Å². The van der Waals surface area contributed by atoms with Crippen molar-refractivity contribution in [2.45, 2.75) is 6.42 Å². The maximum Gasteiger partial charge on any atom is 0.275 e. The molecule has 6 nitrogen and oxygen atoms in total. The van der Waals surface area contributed by atoms with Crippen molar-refractivity contribution in [3.63, 3.8) is 0 Å². The fourth-order valence-electron chi connectivity index (χ4n) is 3.67. The molecule has 1 N–H and O–H groups in total. The summed E-state index contributed by atoms with van der Waals surface area (Å²) in [4.78, 5) is 21.9. The number of nitrogens with one attached hydrogen (secondary N) is 1. The summed E-state index contributed by atoms with van der Waals surface area (Å²) in [5.41, 5.74) is 5.09. The monoisotopic (exact) mass is 382 g/mol. The van der Waals surface area contributed by atoms with E-state index in [0.29, 0.717) is 18.0 Å². The summed E-state index contributed by atoms with van der Waals surface area (Å²) < 4.78 is 7.29. The molecule has 6 heteroatoms. The fraction of sp³-hybridized carbons (Fsp3) is 0.0870. The molecule has 1 aliphatic heterocycles. The van der Waals surface area contributed by atoms with Crippen LogP contribution < -0.4 is 10.1 Å². The molecule has 0 atom stereocenters. The van der Waals surface area contributed by atoms with Crippen molar-refractivity contribution in [3.8, 4) is 16.9 Å². The Morgan fingerprint density at radius 2 is 1.90 bits per heavy atom. The largest absolute Gasteiger partial charge is 0.496 e. The van der Waals surface area contributed by atoms with Gasteiger partial charge in [-0.05, 0) is 29.8 Å². The molecule has 0 bridgehead atoms. The van der Waals surface area contributed by atoms with Gasteiger partial charge in [0.15, 0.2) is 0 Å². The molecule has 3 heterocycles. The average Bonchev–Trinajstić information content (AvgIpc) is 3.38. The third kappa shape index (κ3) is 2.95. The first-order valence-corrected chi connectivity index (χ1v) is 9.31. The molecule has 0 spiro atoms. The molecule has 0 saturated carbocycles. The number of ether oxygens (including phenoxy) is 1. The van der Waals surface area contributed by atoms with Crippen molar-refractivity contribution in [1.82, 2.24) is 14.7 Å². The Labute approximate surface area is 167 Å². The standard InChI is InChI=1S/C23H18N4O2/c1-29-19-11-10-16(15-7-3-2-4-8-15)22-17(19)13-20(25-22)26-23(28)18-14-24-21-9-5-6-12-27(18)21/h2-12,14H,13H2,1H3,(H,25,26,28). The molecule has 0 radical (unpaired) electrons. The van der Waals surface area contributed by atoms with Crippen LogP contribution in [0.25, 0.3) is 16.8 Å². The number of nitrogens with zero attached hydrogens (tertiary/aromatic N) is 3. The van der Waals surface area contributed by atoms with Crippen molar-refractivity contribution >= 4 is 23.1 Å². The molecular weight excluding hydrogens is 364 g/mol. The van der Waals surface area contributed by atoms with Gasteiger partial charge in [0.25, 0.3) is 5.91 Å². The molecule has 1 amide bonds. The predicted octanol–water partition coefficient (Wildman–Crippen LogP) is 4.03. The van der Waals surface area contributed by atoms with Crippen LogP contribution in [0.15, 0.2) is 78.0 Å². The number of fused-ring (bicyclic) bond motifs is 2. The summed E-state index contributed by atoms with van der Waals surface area (Å²) in [6.07, 6.45) is 3.89. The number of amides is 1. The van der Waals surface area contributed by atoms with Gasteiger partial charge in [-0.1, -0.05) is 36.4 Å². The molecule has 0 aliphatic carbocycles. The third-order valence-electron chi connectivity index (χ3n) is 5.04.